The number of methoxy groups -OCH3 is 1. The van der Waals surface area contributed by atoms with Crippen molar-refractivity contribution in [2.24, 2.45) is 0 Å². The van der Waals surface area contributed by atoms with E-state index in [9.17, 15) is 9.59 Å². The number of hydrogen-bond donors (Lipinski definition) is 1. The Labute approximate surface area is 140 Å². The first-order chi connectivity index (χ1) is 11.0. The van der Waals surface area contributed by atoms with Crippen LogP contribution in [-0.2, 0) is 10.5 Å². The second-order valence-corrected chi connectivity index (χ2v) is 6.75. The van der Waals surface area contributed by atoms with E-state index in [2.05, 4.69) is 4.98 Å². The monoisotopic (exact) mass is 331 g/mol. The number of hydrogen-bond acceptors (Lipinski definition) is 4. The third-order valence-electron chi connectivity index (χ3n) is 3.79. The van der Waals surface area contributed by atoms with Gasteiger partial charge in [0, 0.05) is 11.4 Å². The number of aromatic amines is 1. The van der Waals surface area contributed by atoms with E-state index in [1.54, 1.807) is 25.6 Å². The molecule has 0 aliphatic carbocycles. The van der Waals surface area contributed by atoms with Gasteiger partial charge in [0.2, 0.25) is 0 Å². The van der Waals surface area contributed by atoms with Gasteiger partial charge in [-0.2, -0.15) is 0 Å². The molecule has 5 heteroatoms. The molecule has 0 saturated carbocycles. The molecule has 0 fully saturated rings. The van der Waals surface area contributed by atoms with Crippen molar-refractivity contribution in [3.05, 3.63) is 58.4 Å². The van der Waals surface area contributed by atoms with Crippen molar-refractivity contribution in [1.29, 1.82) is 0 Å². The number of carbonyl (C=O) groups is 2. The number of thioether (sulfide) groups is 1. The van der Waals surface area contributed by atoms with Crippen LogP contribution >= 0.6 is 11.8 Å². The lowest BCUT2D eigenvalue weighted by molar-refractivity contribution is 0.0599. The molecule has 0 saturated heterocycles. The first-order valence-electron chi connectivity index (χ1n) is 7.43. The number of rotatable bonds is 6. The van der Waals surface area contributed by atoms with Crippen molar-refractivity contribution in [2.45, 2.75) is 31.8 Å². The summed E-state index contributed by atoms with van der Waals surface area (Å²) in [6.07, 6.45) is 0. The molecule has 0 radical (unpaired) electrons. The van der Waals surface area contributed by atoms with Crippen LogP contribution in [0.5, 0.6) is 0 Å². The highest BCUT2D eigenvalue weighted by molar-refractivity contribution is 7.99. The summed E-state index contributed by atoms with van der Waals surface area (Å²) in [7, 11) is 1.34. The first-order valence-corrected chi connectivity index (χ1v) is 8.47. The average Bonchev–Trinajstić information content (AvgIpc) is 2.86. The Morgan fingerprint density at radius 1 is 1.22 bits per heavy atom. The van der Waals surface area contributed by atoms with Crippen molar-refractivity contribution in [3.63, 3.8) is 0 Å². The van der Waals surface area contributed by atoms with Crippen molar-refractivity contribution >= 4 is 23.5 Å². The Hall–Kier alpha value is -2.01. The summed E-state index contributed by atoms with van der Waals surface area (Å²) in [5, 5.41) is -0.197. The molecule has 1 aromatic heterocycles. The number of carbonyl (C=O) groups excluding carboxylic acids is 2. The molecule has 122 valence electrons. The topological polar surface area (TPSA) is 59.2 Å². The lowest BCUT2D eigenvalue weighted by Crippen LogP contribution is -2.15. The molecule has 1 N–H and O–H groups in total. The van der Waals surface area contributed by atoms with Crippen LogP contribution in [0.15, 0.2) is 30.3 Å². The van der Waals surface area contributed by atoms with Gasteiger partial charge in [-0.1, -0.05) is 30.3 Å². The molecule has 2 aromatic rings. The third kappa shape index (κ3) is 3.85. The Morgan fingerprint density at radius 3 is 2.48 bits per heavy atom. The molecule has 0 bridgehead atoms. The normalized spacial score (nSPS) is 12.0. The summed E-state index contributed by atoms with van der Waals surface area (Å²) < 4.78 is 4.78. The zero-order valence-electron chi connectivity index (χ0n) is 13.8. The quantitative estimate of drug-likeness (QED) is 0.644. The molecule has 1 heterocycles. The standard InChI is InChI=1S/C18H21NO3S/c1-11-15(18(21)22-4)12(2)19-16(11)17(20)13(3)23-10-14-8-6-5-7-9-14/h5-9,13,19H,10H2,1-4H3/t13-/m0/s1. The predicted molar refractivity (Wildman–Crippen MR) is 93.1 cm³/mol. The molecule has 4 nitrogen and oxygen atoms in total. The highest BCUT2D eigenvalue weighted by Gasteiger charge is 2.25. The number of Topliss-reactive ketones (excluding diaryl/α,β-unsaturated/α-hetero) is 1. The predicted octanol–water partition coefficient (Wildman–Crippen LogP) is 3.92. The number of ether oxygens (including phenoxy) is 1. The minimum absolute atomic E-state index is 0.00156. The SMILES string of the molecule is COC(=O)c1c(C)[nH]c(C(=O)[C@H](C)SCc2ccccc2)c1C. The van der Waals surface area contributed by atoms with Crippen LogP contribution in [0, 0.1) is 13.8 Å². The Morgan fingerprint density at radius 2 is 1.87 bits per heavy atom. The molecule has 0 spiro atoms. The van der Waals surface area contributed by atoms with E-state index in [1.807, 2.05) is 37.3 Å². The minimum atomic E-state index is -0.417. The number of ketones is 1. The van der Waals surface area contributed by atoms with E-state index in [0.29, 0.717) is 22.5 Å². The van der Waals surface area contributed by atoms with E-state index in [-0.39, 0.29) is 11.0 Å². The average molecular weight is 331 g/mol. The summed E-state index contributed by atoms with van der Waals surface area (Å²) in [4.78, 5) is 27.5. The lowest BCUT2D eigenvalue weighted by Gasteiger charge is -2.10. The van der Waals surface area contributed by atoms with E-state index in [0.717, 1.165) is 5.75 Å². The van der Waals surface area contributed by atoms with Gasteiger partial charge in [-0.15, -0.1) is 11.8 Å². The van der Waals surface area contributed by atoms with Crippen LogP contribution in [0.25, 0.3) is 0 Å². The zero-order chi connectivity index (χ0) is 17.0. The molecule has 23 heavy (non-hydrogen) atoms. The van der Waals surface area contributed by atoms with Gasteiger partial charge in [0.05, 0.1) is 23.6 Å². The van der Waals surface area contributed by atoms with Crippen LogP contribution in [0.3, 0.4) is 0 Å². The van der Waals surface area contributed by atoms with E-state index in [1.165, 1.54) is 12.7 Å². The van der Waals surface area contributed by atoms with Crippen molar-refractivity contribution in [3.8, 4) is 0 Å². The minimum Gasteiger partial charge on any atom is -0.465 e. The van der Waals surface area contributed by atoms with Gasteiger partial charge in [-0.05, 0) is 31.9 Å². The summed E-state index contributed by atoms with van der Waals surface area (Å²) >= 11 is 1.58. The molecule has 0 unspecified atom stereocenters. The maximum atomic E-state index is 12.7. The Kier molecular flexibility index (Phi) is 5.66. The van der Waals surface area contributed by atoms with Gasteiger partial charge >= 0.3 is 5.97 Å². The van der Waals surface area contributed by atoms with E-state index in [4.69, 9.17) is 4.74 Å². The maximum Gasteiger partial charge on any atom is 0.339 e. The largest absolute Gasteiger partial charge is 0.465 e. The van der Waals surface area contributed by atoms with Gasteiger partial charge in [0.15, 0.2) is 5.78 Å². The van der Waals surface area contributed by atoms with Crippen LogP contribution < -0.4 is 0 Å². The van der Waals surface area contributed by atoms with E-state index >= 15 is 0 Å². The summed E-state index contributed by atoms with van der Waals surface area (Å²) in [6, 6.07) is 10.0. The fourth-order valence-electron chi connectivity index (χ4n) is 2.48. The summed E-state index contributed by atoms with van der Waals surface area (Å²) in [5.41, 5.74) is 3.46. The second-order valence-electron chi connectivity index (χ2n) is 5.42. The second kappa shape index (κ2) is 7.51. The van der Waals surface area contributed by atoms with Crippen LogP contribution in [0.1, 0.15) is 44.6 Å². The summed E-state index contributed by atoms with van der Waals surface area (Å²) in [5.74, 6) is 0.359. The van der Waals surface area contributed by atoms with Crippen molar-refractivity contribution in [1.82, 2.24) is 4.98 Å². The Balaban J connectivity index is 2.12. The molecule has 1 atom stereocenters. The number of esters is 1. The van der Waals surface area contributed by atoms with Gasteiger partial charge in [-0.3, -0.25) is 4.79 Å². The molecule has 0 aliphatic heterocycles. The maximum absolute atomic E-state index is 12.7. The number of benzene rings is 1. The lowest BCUT2D eigenvalue weighted by atomic mass is 10.1. The smallest absolute Gasteiger partial charge is 0.339 e. The molecule has 0 aliphatic rings. The fraction of sp³-hybridized carbons (Fsp3) is 0.333. The molecule has 0 amide bonds. The number of nitrogens with one attached hydrogen (secondary N) is 1. The van der Waals surface area contributed by atoms with Crippen molar-refractivity contribution in [2.75, 3.05) is 7.11 Å². The fourth-order valence-corrected chi connectivity index (χ4v) is 3.38. The molecular weight excluding hydrogens is 310 g/mol. The van der Waals surface area contributed by atoms with Crippen LogP contribution in [-0.4, -0.2) is 29.1 Å². The van der Waals surface area contributed by atoms with E-state index < -0.39 is 5.97 Å². The van der Waals surface area contributed by atoms with Crippen LogP contribution in [0.4, 0.5) is 0 Å². The number of H-pyrrole nitrogens is 1. The highest BCUT2D eigenvalue weighted by Crippen LogP contribution is 2.25. The first kappa shape index (κ1) is 17.3. The Bertz CT molecular complexity index is 707. The third-order valence-corrected chi connectivity index (χ3v) is 5.00. The highest BCUT2D eigenvalue weighted by atomic mass is 32.2. The molecule has 2 rings (SSSR count). The van der Waals surface area contributed by atoms with Crippen LogP contribution in [0.2, 0.25) is 0 Å². The van der Waals surface area contributed by atoms with Crippen molar-refractivity contribution < 1.29 is 14.3 Å². The van der Waals surface area contributed by atoms with Gasteiger partial charge in [0.1, 0.15) is 0 Å². The molecular formula is C18H21NO3S. The number of aromatic nitrogens is 1. The molecule has 1 aromatic carbocycles. The van der Waals surface area contributed by atoms with Gasteiger partial charge in [-0.25, -0.2) is 4.79 Å². The summed E-state index contributed by atoms with van der Waals surface area (Å²) in [6.45, 7) is 5.44. The number of aryl methyl sites for hydroxylation is 1. The zero-order valence-corrected chi connectivity index (χ0v) is 14.6. The van der Waals surface area contributed by atoms with Gasteiger partial charge in [0.25, 0.3) is 0 Å². The van der Waals surface area contributed by atoms with Gasteiger partial charge < -0.3 is 9.72 Å².